The maximum absolute atomic E-state index is 4.50. The summed E-state index contributed by atoms with van der Waals surface area (Å²) in [6.07, 6.45) is 9.24. The molecule has 5 nitrogen and oxygen atoms in total. The van der Waals surface area contributed by atoms with Crippen molar-refractivity contribution >= 4 is 0 Å². The van der Waals surface area contributed by atoms with E-state index in [-0.39, 0.29) is 80.4 Å². The Bertz CT molecular complexity index is 4230. The maximum atomic E-state index is 4.50. The summed E-state index contributed by atoms with van der Waals surface area (Å²) in [5, 5.41) is 0. The number of rotatable bonds is 11. The van der Waals surface area contributed by atoms with E-state index in [1.807, 2.05) is 153 Å². The van der Waals surface area contributed by atoms with Crippen molar-refractivity contribution in [2.45, 2.75) is 46.5 Å². The molecule has 0 saturated carbocycles. The van der Waals surface area contributed by atoms with Crippen LogP contribution >= 0.6 is 0 Å². The summed E-state index contributed by atoms with van der Waals surface area (Å²) in [6, 6.07) is 115. The summed E-state index contributed by atoms with van der Waals surface area (Å²) in [6.45, 7) is 10.8. The molecule has 480 valence electrons. The van der Waals surface area contributed by atoms with Crippen molar-refractivity contribution in [2.24, 2.45) is 0 Å². The van der Waals surface area contributed by atoms with Crippen LogP contribution in [0.1, 0.15) is 56.2 Å². The topological polar surface area (TPSA) is 64.5 Å². The first-order chi connectivity index (χ1) is 44.7. The zero-order chi connectivity index (χ0) is 62.8. The molecule has 0 unspecified atom stereocenters. The van der Waals surface area contributed by atoms with Gasteiger partial charge in [0.25, 0.3) is 0 Å². The first kappa shape index (κ1) is 75.4. The Labute approximate surface area is 616 Å². The van der Waals surface area contributed by atoms with E-state index in [4.69, 9.17) is 0 Å². The Kier molecular flexibility index (Phi) is 31.6. The number of aromatic nitrogens is 5. The van der Waals surface area contributed by atoms with Gasteiger partial charge in [0.15, 0.2) is 0 Å². The molecule has 9 heteroatoms. The van der Waals surface area contributed by atoms with E-state index in [2.05, 4.69) is 247 Å². The first-order valence-electron chi connectivity index (χ1n) is 30.6. The van der Waals surface area contributed by atoms with E-state index >= 15 is 0 Å². The molecule has 95 heavy (non-hydrogen) atoms. The van der Waals surface area contributed by atoms with Crippen molar-refractivity contribution < 1.29 is 80.4 Å². The number of hydrogen-bond acceptors (Lipinski definition) is 5. The third-order valence-electron chi connectivity index (χ3n) is 14.9. The largest absolute Gasteiger partial charge is 0.305 e. The van der Waals surface area contributed by atoms with Gasteiger partial charge in [-0.2, -0.15) is 0 Å². The Balaban J connectivity index is 0.000000188. The van der Waals surface area contributed by atoms with E-state index in [1.54, 1.807) is 12.4 Å². The SMILES string of the molecule is CC(C)c1ccnc(-c2[c-]ccc(-c3ccccc3)c2)c1.CC(C)c1ccnc(-c2[c-]ccc(-c3ccccc3)c2)c1.Cc1ccc(-c2[c-]ccc(-c3ccccc3)c2)nc1.[Ir].[Ir].[Ir].[Ir].[c-]1ccc(-c2ccccc2)cc1-c1ccccn1.[c-]1ccccc1-c1ccccn1. The molecule has 14 aromatic rings. The number of aryl methyl sites for hydroxylation is 1. The van der Waals surface area contributed by atoms with Gasteiger partial charge in [-0.15, -0.1) is 177 Å². The van der Waals surface area contributed by atoms with Crippen LogP contribution in [0.2, 0.25) is 0 Å². The molecule has 0 N–H and O–H groups in total. The molecule has 0 aliphatic heterocycles. The van der Waals surface area contributed by atoms with Gasteiger partial charge in [-0.3, -0.25) is 0 Å². The van der Waals surface area contributed by atoms with Gasteiger partial charge in [0.05, 0.1) is 0 Å². The van der Waals surface area contributed by atoms with Gasteiger partial charge in [0.1, 0.15) is 0 Å². The number of pyridine rings is 5. The average Bonchev–Trinajstić information content (AvgIpc) is 1.04. The monoisotopic (exact) mass is 1940 g/mol. The molecule has 0 saturated heterocycles. The minimum absolute atomic E-state index is 0. The zero-order valence-electron chi connectivity index (χ0n) is 53.3. The zero-order valence-corrected chi connectivity index (χ0v) is 62.9. The minimum Gasteiger partial charge on any atom is -0.305 e. The fraction of sp³-hybridized carbons (Fsp3) is 0.0814. The first-order valence-corrected chi connectivity index (χ1v) is 30.6. The van der Waals surface area contributed by atoms with Crippen LogP contribution in [0.5, 0.6) is 0 Å². The van der Waals surface area contributed by atoms with Gasteiger partial charge in [-0.05, 0) is 99.3 Å². The van der Waals surface area contributed by atoms with Gasteiger partial charge >= 0.3 is 0 Å². The smallest absolute Gasteiger partial charge is 0.0190 e. The summed E-state index contributed by atoms with van der Waals surface area (Å²) in [5.41, 5.74) is 23.4. The molecule has 0 aliphatic carbocycles. The molecule has 0 amide bonds. The Morgan fingerprint density at radius 3 is 0.874 bits per heavy atom. The summed E-state index contributed by atoms with van der Waals surface area (Å²) in [7, 11) is 0. The Morgan fingerprint density at radius 1 is 0.242 bits per heavy atom. The second kappa shape index (κ2) is 39.9. The molecule has 0 fully saturated rings. The van der Waals surface area contributed by atoms with Crippen LogP contribution in [-0.2, 0) is 80.4 Å². The number of nitrogens with zero attached hydrogens (tertiary/aromatic N) is 5. The molecule has 14 rings (SSSR count). The Hall–Kier alpha value is -8.67. The predicted molar refractivity (Wildman–Crippen MR) is 377 cm³/mol. The van der Waals surface area contributed by atoms with Crippen molar-refractivity contribution in [3.63, 3.8) is 0 Å². The molecule has 5 heterocycles. The summed E-state index contributed by atoms with van der Waals surface area (Å²) >= 11 is 0. The average molecular weight is 1940 g/mol. The van der Waals surface area contributed by atoms with Crippen LogP contribution < -0.4 is 0 Å². The molecule has 0 atom stereocenters. The van der Waals surface area contributed by atoms with Gasteiger partial charge in [0.2, 0.25) is 0 Å². The van der Waals surface area contributed by atoms with Gasteiger partial charge in [0, 0.05) is 111 Å². The van der Waals surface area contributed by atoms with Gasteiger partial charge < -0.3 is 24.9 Å². The molecule has 0 bridgehead atoms. The molecule has 0 spiro atoms. The van der Waals surface area contributed by atoms with E-state index in [0.29, 0.717) is 11.8 Å². The fourth-order valence-corrected chi connectivity index (χ4v) is 9.83. The quantitative estimate of drug-likeness (QED) is 0.121. The van der Waals surface area contributed by atoms with Crippen molar-refractivity contribution in [2.75, 3.05) is 0 Å². The molecule has 4 radical (unpaired) electrons. The summed E-state index contributed by atoms with van der Waals surface area (Å²) in [4.78, 5) is 22.0. The normalized spacial score (nSPS) is 10.0. The molecule has 0 aliphatic rings. The van der Waals surface area contributed by atoms with Crippen LogP contribution in [0, 0.1) is 37.3 Å². The second-order valence-corrected chi connectivity index (χ2v) is 22.1. The molecule has 5 aromatic heterocycles. The van der Waals surface area contributed by atoms with Gasteiger partial charge in [-0.25, -0.2) is 0 Å². The van der Waals surface area contributed by atoms with Crippen LogP contribution in [0.4, 0.5) is 0 Å². The van der Waals surface area contributed by atoms with Crippen LogP contribution in [0.25, 0.3) is 101 Å². The molecular weight excluding hydrogens is 1870 g/mol. The van der Waals surface area contributed by atoms with E-state index in [0.717, 1.165) is 56.3 Å². The molecule has 9 aromatic carbocycles. The third kappa shape index (κ3) is 22.8. The Morgan fingerprint density at radius 2 is 0.558 bits per heavy atom. The van der Waals surface area contributed by atoms with E-state index in [9.17, 15) is 0 Å². The van der Waals surface area contributed by atoms with Crippen LogP contribution in [0.3, 0.4) is 0 Å². The van der Waals surface area contributed by atoms with E-state index in [1.165, 1.54) is 61.2 Å². The van der Waals surface area contributed by atoms with Crippen molar-refractivity contribution in [3.05, 3.63) is 369 Å². The maximum Gasteiger partial charge on any atom is 0.0190 e. The third-order valence-corrected chi connectivity index (χ3v) is 14.9. The standard InChI is InChI=1S/2C20H18N.C18H14N.C17H12N.C11H8N.4Ir/c2*1-15(2)17-11-12-21-20(14-17)19-10-6-9-18(13-19)16-7-4-3-5-8-16;1-14-10-11-18(19-13-14)17-9-5-8-16(12-17)15-6-3-2-4-7-15;1-2-7-14(8-3-1)15-9-6-10-16(13-15)17-11-4-5-12-18-17;1-2-6-10(7-3-1)11-8-4-5-9-12-11;;;;/h2*3-9,11-15H,1-2H3;2-8,10-13H,1H3;1-9,11-13H;1-6,8-9H;;;;/q5*-1;;;;. The molecular formula is C86H70Ir4N5-5. The van der Waals surface area contributed by atoms with Crippen molar-refractivity contribution in [1.29, 1.82) is 0 Å². The van der Waals surface area contributed by atoms with E-state index < -0.39 is 0 Å². The van der Waals surface area contributed by atoms with Crippen molar-refractivity contribution in [3.8, 4) is 101 Å². The van der Waals surface area contributed by atoms with Gasteiger partial charge in [-0.1, -0.05) is 209 Å². The number of hydrogen-bond donors (Lipinski definition) is 0. The summed E-state index contributed by atoms with van der Waals surface area (Å²) < 4.78 is 0. The number of benzene rings is 9. The minimum atomic E-state index is 0. The second-order valence-electron chi connectivity index (χ2n) is 22.1. The van der Waals surface area contributed by atoms with Crippen LogP contribution in [-0.4, -0.2) is 24.9 Å². The summed E-state index contributed by atoms with van der Waals surface area (Å²) in [5.74, 6) is 1.01. The fourth-order valence-electron chi connectivity index (χ4n) is 9.83. The van der Waals surface area contributed by atoms with Crippen LogP contribution in [0.15, 0.2) is 322 Å². The predicted octanol–water partition coefficient (Wildman–Crippen LogP) is 22.0. The van der Waals surface area contributed by atoms with Crippen molar-refractivity contribution in [1.82, 2.24) is 24.9 Å².